The van der Waals surface area contributed by atoms with Gasteiger partial charge in [0.05, 0.1) is 6.04 Å². The van der Waals surface area contributed by atoms with Crippen molar-refractivity contribution in [1.82, 2.24) is 10.2 Å². The Bertz CT molecular complexity index is 482. The maximum absolute atomic E-state index is 12.4. The summed E-state index contributed by atoms with van der Waals surface area (Å²) in [5, 5.41) is 2.97. The monoisotopic (exact) mass is 258 g/mol. The molecule has 1 aliphatic heterocycles. The van der Waals surface area contributed by atoms with Crippen LogP contribution in [-0.4, -0.2) is 35.3 Å². The normalized spacial score (nSPS) is 22.3. The minimum absolute atomic E-state index is 0.0593. The zero-order valence-electron chi connectivity index (χ0n) is 10.8. The number of carbonyl (C=O) groups is 2. The van der Waals surface area contributed by atoms with E-state index < -0.39 is 0 Å². The molecule has 4 nitrogen and oxygen atoms in total. The first kappa shape index (κ1) is 12.2. The van der Waals surface area contributed by atoms with Gasteiger partial charge in [-0.1, -0.05) is 30.3 Å². The smallest absolute Gasteiger partial charge is 0.318 e. The van der Waals surface area contributed by atoms with E-state index in [9.17, 15) is 9.59 Å². The summed E-state index contributed by atoms with van der Waals surface area (Å²) in [7, 11) is 0. The topological polar surface area (TPSA) is 49.4 Å². The van der Waals surface area contributed by atoms with Gasteiger partial charge in [-0.2, -0.15) is 0 Å². The van der Waals surface area contributed by atoms with Gasteiger partial charge >= 0.3 is 6.03 Å². The lowest BCUT2D eigenvalue weighted by Gasteiger charge is -2.24. The maximum atomic E-state index is 12.4. The second-order valence-electron chi connectivity index (χ2n) is 5.31. The highest BCUT2D eigenvalue weighted by atomic mass is 16.2. The third-order valence-electron chi connectivity index (χ3n) is 3.78. The van der Waals surface area contributed by atoms with Crippen molar-refractivity contribution in [3.05, 3.63) is 35.9 Å². The molecule has 1 saturated heterocycles. The van der Waals surface area contributed by atoms with Crippen LogP contribution in [0.5, 0.6) is 0 Å². The Morgan fingerprint density at radius 3 is 2.53 bits per heavy atom. The molecule has 1 aromatic rings. The average Bonchev–Trinajstić information content (AvgIpc) is 3.11. The van der Waals surface area contributed by atoms with Gasteiger partial charge in [0.1, 0.15) is 0 Å². The first-order valence-electron chi connectivity index (χ1n) is 6.92. The van der Waals surface area contributed by atoms with E-state index in [4.69, 9.17) is 0 Å². The second-order valence-corrected chi connectivity index (χ2v) is 5.31. The first-order chi connectivity index (χ1) is 9.25. The third-order valence-corrected chi connectivity index (χ3v) is 3.78. The maximum Gasteiger partial charge on any atom is 0.318 e. The summed E-state index contributed by atoms with van der Waals surface area (Å²) in [4.78, 5) is 26.2. The van der Waals surface area contributed by atoms with Crippen LogP contribution in [0.4, 0.5) is 4.79 Å². The average molecular weight is 258 g/mol. The summed E-state index contributed by atoms with van der Waals surface area (Å²) in [5.41, 5.74) is 0.693. The van der Waals surface area contributed by atoms with Gasteiger partial charge in [0.2, 0.25) is 0 Å². The molecule has 19 heavy (non-hydrogen) atoms. The Kier molecular flexibility index (Phi) is 3.23. The summed E-state index contributed by atoms with van der Waals surface area (Å²) >= 11 is 0. The number of nitrogens with one attached hydrogen (secondary N) is 1. The van der Waals surface area contributed by atoms with E-state index in [2.05, 4.69) is 5.32 Å². The molecule has 2 fully saturated rings. The lowest BCUT2D eigenvalue weighted by molar-refractivity contribution is 0.0887. The van der Waals surface area contributed by atoms with Crippen molar-refractivity contribution in [2.24, 2.45) is 0 Å². The second kappa shape index (κ2) is 5.03. The van der Waals surface area contributed by atoms with E-state index in [1.807, 2.05) is 30.3 Å². The van der Waals surface area contributed by atoms with Crippen molar-refractivity contribution in [2.75, 3.05) is 6.54 Å². The highest BCUT2D eigenvalue weighted by Gasteiger charge is 2.36. The minimum atomic E-state index is -0.291. The number of amides is 2. The fourth-order valence-corrected chi connectivity index (χ4v) is 2.56. The molecule has 1 atom stereocenters. The zero-order valence-corrected chi connectivity index (χ0v) is 10.8. The molecule has 3 rings (SSSR count). The molecule has 0 spiro atoms. The van der Waals surface area contributed by atoms with E-state index in [1.54, 1.807) is 4.90 Å². The zero-order chi connectivity index (χ0) is 13.2. The quantitative estimate of drug-likeness (QED) is 0.845. The van der Waals surface area contributed by atoms with Gasteiger partial charge in [-0.25, -0.2) is 4.79 Å². The lowest BCUT2D eigenvalue weighted by Crippen LogP contribution is -2.46. The predicted octanol–water partition coefficient (Wildman–Crippen LogP) is 2.21. The molecule has 0 bridgehead atoms. The van der Waals surface area contributed by atoms with Crippen LogP contribution in [0.2, 0.25) is 0 Å². The van der Waals surface area contributed by atoms with Gasteiger partial charge in [0, 0.05) is 18.2 Å². The van der Waals surface area contributed by atoms with Crippen molar-refractivity contribution >= 4 is 11.8 Å². The van der Waals surface area contributed by atoms with Crippen LogP contribution in [0.1, 0.15) is 36.0 Å². The predicted molar refractivity (Wildman–Crippen MR) is 72.1 cm³/mol. The molecule has 1 heterocycles. The van der Waals surface area contributed by atoms with Crippen molar-refractivity contribution in [3.63, 3.8) is 0 Å². The summed E-state index contributed by atoms with van der Waals surface area (Å²) in [5.74, 6) is 0.0593. The van der Waals surface area contributed by atoms with Crippen molar-refractivity contribution < 1.29 is 9.59 Å². The number of hydrogen-bond donors (Lipinski definition) is 1. The molecule has 2 aliphatic rings. The van der Waals surface area contributed by atoms with Crippen LogP contribution < -0.4 is 5.32 Å². The fourth-order valence-electron chi connectivity index (χ4n) is 2.56. The van der Waals surface area contributed by atoms with Gasteiger partial charge < -0.3 is 10.2 Å². The van der Waals surface area contributed by atoms with E-state index in [0.717, 1.165) is 25.7 Å². The highest BCUT2D eigenvalue weighted by molar-refractivity contribution is 6.02. The van der Waals surface area contributed by atoms with Gasteiger partial charge in [-0.3, -0.25) is 4.79 Å². The third kappa shape index (κ3) is 2.62. The number of nitrogens with zero attached hydrogens (tertiary/aromatic N) is 1. The summed E-state index contributed by atoms with van der Waals surface area (Å²) in [6.07, 6.45) is 3.81. The Labute approximate surface area is 112 Å². The number of rotatable bonds is 3. The van der Waals surface area contributed by atoms with E-state index in [-0.39, 0.29) is 17.9 Å². The van der Waals surface area contributed by atoms with Gasteiger partial charge in [-0.15, -0.1) is 0 Å². The largest absolute Gasteiger partial charge is 0.335 e. The summed E-state index contributed by atoms with van der Waals surface area (Å²) in [6.45, 7) is 0.682. The van der Waals surface area contributed by atoms with Gasteiger partial charge in [-0.05, 0) is 25.7 Å². The number of hydrogen-bond acceptors (Lipinski definition) is 2. The van der Waals surface area contributed by atoms with Gasteiger partial charge in [0.25, 0.3) is 0 Å². The fraction of sp³-hybridized carbons (Fsp3) is 0.467. The van der Waals surface area contributed by atoms with Crippen LogP contribution in [0.25, 0.3) is 0 Å². The summed E-state index contributed by atoms with van der Waals surface area (Å²) < 4.78 is 0. The number of ketones is 1. The van der Waals surface area contributed by atoms with Crippen molar-refractivity contribution in [2.45, 2.75) is 37.8 Å². The molecule has 1 saturated carbocycles. The van der Waals surface area contributed by atoms with E-state index in [1.165, 1.54) is 0 Å². The van der Waals surface area contributed by atoms with Crippen LogP contribution in [-0.2, 0) is 0 Å². The van der Waals surface area contributed by atoms with E-state index in [0.29, 0.717) is 18.2 Å². The molecular weight excluding hydrogens is 240 g/mol. The number of carbonyl (C=O) groups excluding carboxylic acids is 2. The highest BCUT2D eigenvalue weighted by Crippen LogP contribution is 2.24. The molecule has 2 amide bonds. The molecule has 0 radical (unpaired) electrons. The lowest BCUT2D eigenvalue weighted by atomic mass is 10.0. The number of urea groups is 1. The molecule has 0 aromatic heterocycles. The van der Waals surface area contributed by atoms with Crippen LogP contribution in [0.3, 0.4) is 0 Å². The van der Waals surface area contributed by atoms with Crippen LogP contribution in [0, 0.1) is 0 Å². The molecule has 100 valence electrons. The Morgan fingerprint density at radius 1 is 1.11 bits per heavy atom. The number of Topliss-reactive ketones (excluding diaryl/α,β-unsaturated/α-hetero) is 1. The SMILES string of the molecule is O=C(c1ccccc1)C1CCCN1C(=O)NC1CC1. The Hall–Kier alpha value is -1.84. The van der Waals surface area contributed by atoms with Gasteiger partial charge in [0.15, 0.2) is 5.78 Å². The van der Waals surface area contributed by atoms with Crippen LogP contribution in [0.15, 0.2) is 30.3 Å². The number of benzene rings is 1. The number of likely N-dealkylation sites (tertiary alicyclic amines) is 1. The first-order valence-corrected chi connectivity index (χ1v) is 6.92. The Morgan fingerprint density at radius 2 is 1.84 bits per heavy atom. The Balaban J connectivity index is 1.71. The molecular formula is C15H18N2O2. The van der Waals surface area contributed by atoms with E-state index >= 15 is 0 Å². The standard InChI is InChI=1S/C15H18N2O2/c18-14(11-5-2-1-3-6-11)13-7-4-10-17(13)15(19)16-12-8-9-12/h1-3,5-6,12-13H,4,7-10H2,(H,16,19). The molecule has 4 heteroatoms. The van der Waals surface area contributed by atoms with Crippen molar-refractivity contribution in [3.8, 4) is 0 Å². The molecule has 1 aromatic carbocycles. The minimum Gasteiger partial charge on any atom is -0.335 e. The van der Waals surface area contributed by atoms with Crippen molar-refractivity contribution in [1.29, 1.82) is 0 Å². The summed E-state index contributed by atoms with van der Waals surface area (Å²) in [6, 6.07) is 9.21. The van der Waals surface area contributed by atoms with Crippen LogP contribution >= 0.6 is 0 Å². The molecule has 1 aliphatic carbocycles. The molecule has 1 N–H and O–H groups in total. The molecule has 1 unspecified atom stereocenters.